The molecule has 0 amide bonds. The Morgan fingerprint density at radius 1 is 1.23 bits per heavy atom. The van der Waals surface area contributed by atoms with E-state index in [1.807, 2.05) is 31.4 Å². The molecule has 1 atom stereocenters. The first-order valence-electron chi connectivity index (χ1n) is 8.49. The molecule has 0 spiro atoms. The van der Waals surface area contributed by atoms with Gasteiger partial charge in [-0.05, 0) is 43.7 Å². The quantitative estimate of drug-likeness (QED) is 0.646. The third-order valence-corrected chi connectivity index (χ3v) is 4.24. The molecule has 7 heteroatoms. The van der Waals surface area contributed by atoms with E-state index in [1.54, 1.807) is 13.3 Å². The standard InChI is InChI=1S/C19H23N5O2/c1-13-7-8-20-16(9-13)10-14(2)24(3)18-6-5-15(11-21-18)19-22-17(12-25-4)23-26-19/h5-9,11,14H,10,12H2,1-4H3/t14-/m1/s1. The van der Waals surface area contributed by atoms with E-state index in [0.29, 0.717) is 18.3 Å². The highest BCUT2D eigenvalue weighted by atomic mass is 16.5. The first kappa shape index (κ1) is 18.0. The van der Waals surface area contributed by atoms with Crippen LogP contribution in [0.2, 0.25) is 0 Å². The Hall–Kier alpha value is -2.80. The van der Waals surface area contributed by atoms with Crippen LogP contribution in [0, 0.1) is 6.92 Å². The summed E-state index contributed by atoms with van der Waals surface area (Å²) in [5.41, 5.74) is 3.09. The van der Waals surface area contributed by atoms with Crippen LogP contribution >= 0.6 is 0 Å². The minimum atomic E-state index is 0.263. The van der Waals surface area contributed by atoms with E-state index in [4.69, 9.17) is 9.26 Å². The topological polar surface area (TPSA) is 77.2 Å². The summed E-state index contributed by atoms with van der Waals surface area (Å²) in [4.78, 5) is 15.4. The lowest BCUT2D eigenvalue weighted by molar-refractivity contribution is 0.174. The van der Waals surface area contributed by atoms with Crippen molar-refractivity contribution in [1.29, 1.82) is 0 Å². The molecule has 0 aromatic carbocycles. The number of likely N-dealkylation sites (N-methyl/N-ethyl adjacent to an activating group) is 1. The molecular formula is C19H23N5O2. The number of hydrogen-bond acceptors (Lipinski definition) is 7. The number of methoxy groups -OCH3 is 1. The molecule has 0 N–H and O–H groups in total. The van der Waals surface area contributed by atoms with Gasteiger partial charge in [0.05, 0.1) is 5.56 Å². The van der Waals surface area contributed by atoms with Crippen LogP contribution in [0.15, 0.2) is 41.2 Å². The van der Waals surface area contributed by atoms with Gasteiger partial charge in [0.25, 0.3) is 5.89 Å². The van der Waals surface area contributed by atoms with Crippen LogP contribution in [0.4, 0.5) is 5.82 Å². The number of pyridine rings is 2. The van der Waals surface area contributed by atoms with E-state index in [2.05, 4.69) is 44.9 Å². The highest BCUT2D eigenvalue weighted by molar-refractivity contribution is 5.54. The Bertz CT molecular complexity index is 847. The van der Waals surface area contributed by atoms with E-state index >= 15 is 0 Å². The van der Waals surface area contributed by atoms with Crippen molar-refractivity contribution in [2.45, 2.75) is 32.9 Å². The van der Waals surface area contributed by atoms with E-state index < -0.39 is 0 Å². The molecule has 0 fully saturated rings. The second kappa shape index (κ2) is 8.05. The number of ether oxygens (including phenoxy) is 1. The van der Waals surface area contributed by atoms with Gasteiger partial charge in [-0.3, -0.25) is 4.98 Å². The van der Waals surface area contributed by atoms with Crippen LogP contribution in [0.5, 0.6) is 0 Å². The zero-order valence-corrected chi connectivity index (χ0v) is 15.5. The maximum Gasteiger partial charge on any atom is 0.259 e. The third kappa shape index (κ3) is 4.23. The van der Waals surface area contributed by atoms with Crippen LogP contribution in [-0.2, 0) is 17.8 Å². The van der Waals surface area contributed by atoms with Crippen molar-refractivity contribution in [3.8, 4) is 11.5 Å². The predicted octanol–water partition coefficient (Wildman–Crippen LogP) is 3.05. The molecule has 0 aliphatic heterocycles. The number of aromatic nitrogens is 4. The van der Waals surface area contributed by atoms with Crippen molar-refractivity contribution in [3.05, 3.63) is 53.7 Å². The molecule has 0 bridgehead atoms. The van der Waals surface area contributed by atoms with Gasteiger partial charge in [0, 0.05) is 44.7 Å². The molecule has 3 aromatic heterocycles. The van der Waals surface area contributed by atoms with Crippen LogP contribution in [0.3, 0.4) is 0 Å². The smallest absolute Gasteiger partial charge is 0.259 e. The molecule has 0 saturated carbocycles. The summed E-state index contributed by atoms with van der Waals surface area (Å²) >= 11 is 0. The maximum absolute atomic E-state index is 5.24. The minimum absolute atomic E-state index is 0.263. The highest BCUT2D eigenvalue weighted by Gasteiger charge is 2.14. The summed E-state index contributed by atoms with van der Waals surface area (Å²) in [6.07, 6.45) is 4.45. The molecule has 3 aromatic rings. The second-order valence-corrected chi connectivity index (χ2v) is 6.34. The number of anilines is 1. The fourth-order valence-electron chi connectivity index (χ4n) is 2.66. The molecule has 7 nitrogen and oxygen atoms in total. The van der Waals surface area contributed by atoms with Crippen LogP contribution in [0.25, 0.3) is 11.5 Å². The Labute approximate surface area is 153 Å². The molecule has 0 saturated heterocycles. The number of nitrogens with zero attached hydrogens (tertiary/aromatic N) is 5. The van der Waals surface area contributed by atoms with E-state index in [1.165, 1.54) is 5.56 Å². The van der Waals surface area contributed by atoms with Crippen LogP contribution in [0.1, 0.15) is 24.0 Å². The fourth-order valence-corrected chi connectivity index (χ4v) is 2.66. The van der Waals surface area contributed by atoms with Gasteiger partial charge >= 0.3 is 0 Å². The number of rotatable bonds is 7. The van der Waals surface area contributed by atoms with Gasteiger partial charge < -0.3 is 14.2 Å². The van der Waals surface area contributed by atoms with E-state index in [0.717, 1.165) is 23.5 Å². The van der Waals surface area contributed by atoms with Gasteiger partial charge in [0.15, 0.2) is 5.82 Å². The van der Waals surface area contributed by atoms with Gasteiger partial charge in [0.2, 0.25) is 0 Å². The molecule has 0 aliphatic carbocycles. The summed E-state index contributed by atoms with van der Waals surface area (Å²) in [6.45, 7) is 4.56. The lowest BCUT2D eigenvalue weighted by atomic mass is 10.1. The number of aryl methyl sites for hydroxylation is 1. The normalized spacial score (nSPS) is 12.2. The van der Waals surface area contributed by atoms with Crippen LogP contribution < -0.4 is 4.90 Å². The van der Waals surface area contributed by atoms with Gasteiger partial charge in [-0.1, -0.05) is 5.16 Å². The minimum Gasteiger partial charge on any atom is -0.377 e. The second-order valence-electron chi connectivity index (χ2n) is 6.34. The average Bonchev–Trinajstić information content (AvgIpc) is 3.10. The van der Waals surface area contributed by atoms with Crippen molar-refractivity contribution >= 4 is 5.82 Å². The molecular weight excluding hydrogens is 330 g/mol. The van der Waals surface area contributed by atoms with E-state index in [-0.39, 0.29) is 6.04 Å². The average molecular weight is 353 g/mol. The zero-order valence-electron chi connectivity index (χ0n) is 15.5. The summed E-state index contributed by atoms with van der Waals surface area (Å²) < 4.78 is 10.2. The van der Waals surface area contributed by atoms with Crippen molar-refractivity contribution in [2.24, 2.45) is 0 Å². The molecule has 3 heterocycles. The largest absolute Gasteiger partial charge is 0.377 e. The SMILES string of the molecule is COCc1noc(-c2ccc(N(C)[C@H](C)Cc3cc(C)ccn3)nc2)n1. The lowest BCUT2D eigenvalue weighted by Gasteiger charge is -2.25. The maximum atomic E-state index is 5.24. The summed E-state index contributed by atoms with van der Waals surface area (Å²) in [5.74, 6) is 1.84. The van der Waals surface area contributed by atoms with Gasteiger partial charge in [-0.2, -0.15) is 4.98 Å². The van der Waals surface area contributed by atoms with Crippen molar-refractivity contribution < 1.29 is 9.26 Å². The third-order valence-electron chi connectivity index (χ3n) is 4.24. The zero-order chi connectivity index (χ0) is 18.5. The predicted molar refractivity (Wildman–Crippen MR) is 98.8 cm³/mol. The van der Waals surface area contributed by atoms with Crippen LogP contribution in [-0.4, -0.2) is 40.3 Å². The number of hydrogen-bond donors (Lipinski definition) is 0. The molecule has 0 unspecified atom stereocenters. The molecule has 3 rings (SSSR count). The van der Waals surface area contributed by atoms with Crippen molar-refractivity contribution in [2.75, 3.05) is 19.1 Å². The first-order chi connectivity index (χ1) is 12.6. The van der Waals surface area contributed by atoms with Crippen molar-refractivity contribution in [3.63, 3.8) is 0 Å². The molecule has 0 radical (unpaired) electrons. The Morgan fingerprint density at radius 3 is 2.77 bits per heavy atom. The molecule has 26 heavy (non-hydrogen) atoms. The summed E-state index contributed by atoms with van der Waals surface area (Å²) in [5, 5.41) is 3.87. The Balaban J connectivity index is 1.68. The summed E-state index contributed by atoms with van der Waals surface area (Å²) in [7, 11) is 3.63. The monoisotopic (exact) mass is 353 g/mol. The highest BCUT2D eigenvalue weighted by Crippen LogP contribution is 2.21. The van der Waals surface area contributed by atoms with Gasteiger partial charge in [-0.25, -0.2) is 4.98 Å². The molecule has 136 valence electrons. The van der Waals surface area contributed by atoms with Gasteiger partial charge in [-0.15, -0.1) is 0 Å². The first-order valence-corrected chi connectivity index (χ1v) is 8.49. The Morgan fingerprint density at radius 2 is 2.08 bits per heavy atom. The van der Waals surface area contributed by atoms with E-state index in [9.17, 15) is 0 Å². The lowest BCUT2D eigenvalue weighted by Crippen LogP contribution is -2.31. The fraction of sp³-hybridized carbons (Fsp3) is 0.368. The summed E-state index contributed by atoms with van der Waals surface area (Å²) in [6, 6.07) is 8.28. The Kier molecular flexibility index (Phi) is 5.58. The van der Waals surface area contributed by atoms with Crippen molar-refractivity contribution in [1.82, 2.24) is 20.1 Å². The molecule has 0 aliphatic rings. The van der Waals surface area contributed by atoms with Gasteiger partial charge in [0.1, 0.15) is 12.4 Å².